The van der Waals surface area contributed by atoms with Gasteiger partial charge in [-0.15, -0.1) is 0 Å². The number of hydrogen-bond donors (Lipinski definition) is 3. The molecule has 1 saturated heterocycles. The predicted octanol–water partition coefficient (Wildman–Crippen LogP) is 3.31. The monoisotopic (exact) mass is 359 g/mol. The van der Waals surface area contributed by atoms with Crippen molar-refractivity contribution in [2.75, 3.05) is 18.4 Å². The number of anilines is 1. The molecule has 0 aliphatic carbocycles. The second kappa shape index (κ2) is 10.3. The van der Waals surface area contributed by atoms with Crippen molar-refractivity contribution >= 4 is 17.5 Å². The van der Waals surface area contributed by atoms with Crippen LogP contribution in [0.1, 0.15) is 52.0 Å². The van der Waals surface area contributed by atoms with Gasteiger partial charge in [0.05, 0.1) is 0 Å². The Balaban J connectivity index is 1.80. The van der Waals surface area contributed by atoms with Crippen LogP contribution in [0.25, 0.3) is 0 Å². The maximum absolute atomic E-state index is 12.3. The van der Waals surface area contributed by atoms with E-state index in [1.54, 1.807) is 0 Å². The van der Waals surface area contributed by atoms with Crippen LogP contribution in [0.3, 0.4) is 0 Å². The summed E-state index contributed by atoms with van der Waals surface area (Å²) in [7, 11) is 0. The van der Waals surface area contributed by atoms with E-state index < -0.39 is 0 Å². The zero-order valence-corrected chi connectivity index (χ0v) is 16.3. The summed E-state index contributed by atoms with van der Waals surface area (Å²) in [4.78, 5) is 24.3. The topological polar surface area (TPSA) is 70.2 Å². The molecule has 0 saturated carbocycles. The van der Waals surface area contributed by atoms with Gasteiger partial charge < -0.3 is 16.0 Å². The molecule has 2 rings (SSSR count). The fourth-order valence-electron chi connectivity index (χ4n) is 3.31. The molecule has 1 aromatic rings. The van der Waals surface area contributed by atoms with E-state index in [1.165, 1.54) is 12.8 Å². The Kier molecular flexibility index (Phi) is 8.10. The molecule has 0 radical (unpaired) electrons. The van der Waals surface area contributed by atoms with Crippen molar-refractivity contribution in [1.82, 2.24) is 10.6 Å². The molecule has 0 bridgehead atoms. The van der Waals surface area contributed by atoms with Crippen molar-refractivity contribution in [3.05, 3.63) is 29.8 Å². The van der Waals surface area contributed by atoms with Crippen LogP contribution >= 0.6 is 0 Å². The minimum atomic E-state index is -0.00544. The minimum Gasteiger partial charge on any atom is -0.352 e. The highest BCUT2D eigenvalue weighted by Gasteiger charge is 2.21. The molecule has 2 amide bonds. The van der Waals surface area contributed by atoms with Gasteiger partial charge in [-0.05, 0) is 61.9 Å². The van der Waals surface area contributed by atoms with Crippen molar-refractivity contribution in [1.29, 1.82) is 0 Å². The Morgan fingerprint density at radius 2 is 2.12 bits per heavy atom. The molecule has 1 aliphatic heterocycles. The summed E-state index contributed by atoms with van der Waals surface area (Å²) in [5.74, 6) is 1.10. The molecule has 1 fully saturated rings. The third kappa shape index (κ3) is 6.45. The minimum absolute atomic E-state index is 0.00544. The number of piperidine rings is 1. The summed E-state index contributed by atoms with van der Waals surface area (Å²) in [6.45, 7) is 8.69. The van der Waals surface area contributed by atoms with Gasteiger partial charge in [-0.25, -0.2) is 0 Å². The molecule has 3 unspecified atom stereocenters. The molecule has 26 heavy (non-hydrogen) atoms. The Hall–Kier alpha value is -1.88. The number of carbonyl (C=O) groups excluding carboxylic acids is 2. The summed E-state index contributed by atoms with van der Waals surface area (Å²) >= 11 is 0. The largest absolute Gasteiger partial charge is 0.352 e. The maximum atomic E-state index is 12.3. The lowest BCUT2D eigenvalue weighted by atomic mass is 9.85. The van der Waals surface area contributed by atoms with Crippen molar-refractivity contribution < 1.29 is 9.59 Å². The standard InChI is InChI=1S/C21H33N3O2/c1-4-15(2)21(26)24-19-9-5-7-17(12-19)13-23-20(25)11-16(3)18-8-6-10-22-14-18/h5,7,9,12,15-16,18,22H,4,6,8,10-11,13-14H2,1-3H3,(H,23,25)(H,24,26). The van der Waals surface area contributed by atoms with Gasteiger partial charge in [-0.3, -0.25) is 9.59 Å². The second-order valence-corrected chi connectivity index (χ2v) is 7.56. The molecule has 1 aromatic carbocycles. The van der Waals surface area contributed by atoms with Gasteiger partial charge in [0.25, 0.3) is 0 Å². The Morgan fingerprint density at radius 1 is 1.31 bits per heavy atom. The van der Waals surface area contributed by atoms with E-state index in [4.69, 9.17) is 0 Å². The van der Waals surface area contributed by atoms with Crippen LogP contribution in [-0.4, -0.2) is 24.9 Å². The van der Waals surface area contributed by atoms with Crippen LogP contribution in [0.4, 0.5) is 5.69 Å². The second-order valence-electron chi connectivity index (χ2n) is 7.56. The summed E-state index contributed by atoms with van der Waals surface area (Å²) < 4.78 is 0. The zero-order chi connectivity index (χ0) is 18.9. The van der Waals surface area contributed by atoms with Gasteiger partial charge in [-0.2, -0.15) is 0 Å². The summed E-state index contributed by atoms with van der Waals surface area (Å²) in [6, 6.07) is 7.68. The molecule has 5 nitrogen and oxygen atoms in total. The molecule has 1 aliphatic rings. The van der Waals surface area contributed by atoms with Gasteiger partial charge in [0.15, 0.2) is 0 Å². The van der Waals surface area contributed by atoms with Gasteiger partial charge in [0, 0.05) is 24.6 Å². The van der Waals surface area contributed by atoms with Crippen LogP contribution < -0.4 is 16.0 Å². The van der Waals surface area contributed by atoms with E-state index in [2.05, 4.69) is 22.9 Å². The van der Waals surface area contributed by atoms with Crippen LogP contribution in [0.15, 0.2) is 24.3 Å². The Morgan fingerprint density at radius 3 is 2.81 bits per heavy atom. The number of rotatable bonds is 8. The summed E-state index contributed by atoms with van der Waals surface area (Å²) in [6.07, 6.45) is 3.79. The molecule has 1 heterocycles. The highest BCUT2D eigenvalue weighted by molar-refractivity contribution is 5.92. The normalized spacial score (nSPS) is 19.4. The van der Waals surface area contributed by atoms with E-state index in [1.807, 2.05) is 38.1 Å². The fourth-order valence-corrected chi connectivity index (χ4v) is 3.31. The van der Waals surface area contributed by atoms with E-state index in [-0.39, 0.29) is 17.7 Å². The Bertz CT molecular complexity index is 597. The Labute approximate surface area is 157 Å². The van der Waals surface area contributed by atoms with Gasteiger partial charge >= 0.3 is 0 Å². The highest BCUT2D eigenvalue weighted by atomic mass is 16.2. The summed E-state index contributed by atoms with van der Waals surface area (Å²) in [5.41, 5.74) is 1.77. The van der Waals surface area contributed by atoms with Crippen LogP contribution in [0, 0.1) is 17.8 Å². The van der Waals surface area contributed by atoms with Crippen molar-refractivity contribution in [3.8, 4) is 0 Å². The smallest absolute Gasteiger partial charge is 0.227 e. The average Bonchev–Trinajstić information content (AvgIpc) is 2.66. The first-order valence-electron chi connectivity index (χ1n) is 9.86. The maximum Gasteiger partial charge on any atom is 0.227 e. The first-order valence-corrected chi connectivity index (χ1v) is 9.86. The predicted molar refractivity (Wildman–Crippen MR) is 106 cm³/mol. The third-order valence-corrected chi connectivity index (χ3v) is 5.39. The molecule has 5 heteroatoms. The average molecular weight is 360 g/mol. The molecular formula is C21H33N3O2. The highest BCUT2D eigenvalue weighted by Crippen LogP contribution is 2.22. The fraction of sp³-hybridized carbons (Fsp3) is 0.619. The third-order valence-electron chi connectivity index (χ3n) is 5.39. The zero-order valence-electron chi connectivity index (χ0n) is 16.3. The SMILES string of the molecule is CCC(C)C(=O)Nc1cccc(CNC(=O)CC(C)C2CCCNC2)c1. The lowest BCUT2D eigenvalue weighted by Crippen LogP contribution is -2.35. The number of nitrogens with one attached hydrogen (secondary N) is 3. The van der Waals surface area contributed by atoms with E-state index in [0.717, 1.165) is 30.8 Å². The van der Waals surface area contributed by atoms with Crippen molar-refractivity contribution in [2.45, 2.75) is 53.0 Å². The first kappa shape index (κ1) is 20.4. The molecule has 0 spiro atoms. The molecular weight excluding hydrogens is 326 g/mol. The quantitative estimate of drug-likeness (QED) is 0.667. The van der Waals surface area contributed by atoms with Gasteiger partial charge in [0.1, 0.15) is 0 Å². The number of amides is 2. The van der Waals surface area contributed by atoms with Crippen molar-refractivity contribution in [3.63, 3.8) is 0 Å². The van der Waals surface area contributed by atoms with E-state index in [0.29, 0.717) is 24.8 Å². The van der Waals surface area contributed by atoms with Gasteiger partial charge in [0.2, 0.25) is 11.8 Å². The van der Waals surface area contributed by atoms with E-state index >= 15 is 0 Å². The molecule has 3 atom stereocenters. The lowest BCUT2D eigenvalue weighted by molar-refractivity contribution is -0.122. The van der Waals surface area contributed by atoms with Crippen LogP contribution in [0.2, 0.25) is 0 Å². The first-order chi connectivity index (χ1) is 12.5. The van der Waals surface area contributed by atoms with Crippen molar-refractivity contribution in [2.24, 2.45) is 17.8 Å². The summed E-state index contributed by atoms with van der Waals surface area (Å²) in [5, 5.41) is 9.36. The molecule has 0 aromatic heterocycles. The lowest BCUT2D eigenvalue weighted by Gasteiger charge is -2.28. The number of carbonyl (C=O) groups is 2. The number of benzene rings is 1. The molecule has 144 valence electrons. The van der Waals surface area contributed by atoms with E-state index in [9.17, 15) is 9.59 Å². The number of hydrogen-bond acceptors (Lipinski definition) is 3. The van der Waals surface area contributed by atoms with Gasteiger partial charge in [-0.1, -0.05) is 32.9 Å². The molecule has 3 N–H and O–H groups in total. The van der Waals surface area contributed by atoms with Crippen LogP contribution in [0.5, 0.6) is 0 Å². The van der Waals surface area contributed by atoms with Crippen LogP contribution in [-0.2, 0) is 16.1 Å².